The Balaban J connectivity index is 1.90. The van der Waals surface area contributed by atoms with Crippen molar-refractivity contribution in [1.29, 1.82) is 0 Å². The van der Waals surface area contributed by atoms with Gasteiger partial charge in [-0.25, -0.2) is 8.42 Å². The van der Waals surface area contributed by atoms with Crippen LogP contribution in [0, 0.1) is 5.92 Å². The smallest absolute Gasteiger partial charge is 0.254 e. The summed E-state index contributed by atoms with van der Waals surface area (Å²) >= 11 is 0. The van der Waals surface area contributed by atoms with Crippen LogP contribution in [-0.4, -0.2) is 66.7 Å². The summed E-state index contributed by atoms with van der Waals surface area (Å²) in [5.41, 5.74) is 0.546. The number of carbonyl (C=O) groups is 2. The Morgan fingerprint density at radius 3 is 2.12 bits per heavy atom. The summed E-state index contributed by atoms with van der Waals surface area (Å²) in [5.74, 6) is -0.536. The molecule has 0 bridgehead atoms. The Labute approximate surface area is 142 Å². The molecule has 0 unspecified atom stereocenters. The molecule has 1 aromatic carbocycles. The molecule has 2 heterocycles. The molecule has 0 aliphatic carbocycles. The van der Waals surface area contributed by atoms with Gasteiger partial charge in [-0.2, -0.15) is 0 Å². The summed E-state index contributed by atoms with van der Waals surface area (Å²) < 4.78 is 24.3. The first-order valence-corrected chi connectivity index (χ1v) is 9.99. The Morgan fingerprint density at radius 2 is 1.54 bits per heavy atom. The van der Waals surface area contributed by atoms with Crippen LogP contribution in [0.3, 0.4) is 0 Å². The molecule has 130 valence electrons. The molecule has 3 rings (SSSR count). The van der Waals surface area contributed by atoms with Gasteiger partial charge in [-0.3, -0.25) is 9.59 Å². The van der Waals surface area contributed by atoms with E-state index in [0.29, 0.717) is 18.7 Å². The van der Waals surface area contributed by atoms with Crippen LogP contribution in [0.25, 0.3) is 0 Å². The predicted octanol–water partition coefficient (Wildman–Crippen LogP) is 0.793. The van der Waals surface area contributed by atoms with E-state index in [4.69, 9.17) is 0 Å². The molecule has 2 aliphatic heterocycles. The second-order valence-corrected chi connectivity index (χ2v) is 8.92. The monoisotopic (exact) mass is 350 g/mol. The average Bonchev–Trinajstić information content (AvgIpc) is 2.88. The van der Waals surface area contributed by atoms with Gasteiger partial charge in [-0.15, -0.1) is 0 Å². The first kappa shape index (κ1) is 17.0. The fourth-order valence-corrected chi connectivity index (χ4v) is 5.54. The highest BCUT2D eigenvalue weighted by molar-refractivity contribution is 7.91. The zero-order chi connectivity index (χ0) is 17.5. The molecule has 2 amide bonds. The Kier molecular flexibility index (Phi) is 4.38. The standard InChI is InChI=1S/C17H22N2O4S/c1-12(2)16(20)18-8-9-19(15-11-24(22,23)10-14(15)18)17(21)13-6-4-3-5-7-13/h3-7,12,14-15H,8-11H2,1-2H3/t14-,15+/m0/s1. The van der Waals surface area contributed by atoms with Crippen LogP contribution in [0.1, 0.15) is 24.2 Å². The highest BCUT2D eigenvalue weighted by atomic mass is 32.2. The van der Waals surface area contributed by atoms with Gasteiger partial charge in [0.05, 0.1) is 23.6 Å². The van der Waals surface area contributed by atoms with Gasteiger partial charge in [-0.05, 0) is 12.1 Å². The number of fused-ring (bicyclic) bond motifs is 1. The summed E-state index contributed by atoms with van der Waals surface area (Å²) in [6.45, 7) is 4.36. The first-order valence-electron chi connectivity index (χ1n) is 8.17. The molecule has 0 saturated carbocycles. The molecule has 2 saturated heterocycles. The van der Waals surface area contributed by atoms with Gasteiger partial charge < -0.3 is 9.80 Å². The molecule has 2 fully saturated rings. The number of hydrogen-bond acceptors (Lipinski definition) is 4. The molecule has 1 aromatic rings. The van der Waals surface area contributed by atoms with Gasteiger partial charge in [-0.1, -0.05) is 32.0 Å². The van der Waals surface area contributed by atoms with Crippen molar-refractivity contribution in [2.24, 2.45) is 5.92 Å². The topological polar surface area (TPSA) is 74.8 Å². The molecule has 0 aromatic heterocycles. The van der Waals surface area contributed by atoms with Crippen LogP contribution in [0.15, 0.2) is 30.3 Å². The van der Waals surface area contributed by atoms with Crippen molar-refractivity contribution < 1.29 is 18.0 Å². The molecule has 2 atom stereocenters. The zero-order valence-corrected chi connectivity index (χ0v) is 14.7. The third-order valence-corrected chi connectivity index (χ3v) is 6.43. The molecule has 24 heavy (non-hydrogen) atoms. The summed E-state index contributed by atoms with van der Waals surface area (Å²) in [6, 6.07) is 7.96. The summed E-state index contributed by atoms with van der Waals surface area (Å²) in [7, 11) is -3.26. The van der Waals surface area contributed by atoms with Crippen LogP contribution in [0.2, 0.25) is 0 Å². The van der Waals surface area contributed by atoms with Gasteiger partial charge in [0.15, 0.2) is 9.84 Å². The number of amides is 2. The number of nitrogens with zero attached hydrogens (tertiary/aromatic N) is 2. The molecule has 0 N–H and O–H groups in total. The van der Waals surface area contributed by atoms with Crippen molar-refractivity contribution in [3.05, 3.63) is 35.9 Å². The average molecular weight is 350 g/mol. The van der Waals surface area contributed by atoms with E-state index < -0.39 is 21.9 Å². The lowest BCUT2D eigenvalue weighted by atomic mass is 10.0. The lowest BCUT2D eigenvalue weighted by molar-refractivity contribution is -0.139. The molecule has 2 aliphatic rings. The molecular weight excluding hydrogens is 328 g/mol. The van der Waals surface area contributed by atoms with E-state index >= 15 is 0 Å². The SMILES string of the molecule is CC(C)C(=O)N1CCN(C(=O)c2ccccc2)[C@@H]2CS(=O)(=O)C[C@@H]21. The number of benzene rings is 1. The lowest BCUT2D eigenvalue weighted by Gasteiger charge is -2.44. The van der Waals surface area contributed by atoms with Crippen molar-refractivity contribution >= 4 is 21.7 Å². The number of hydrogen-bond donors (Lipinski definition) is 0. The van der Waals surface area contributed by atoms with E-state index in [0.717, 1.165) is 0 Å². The van der Waals surface area contributed by atoms with Crippen molar-refractivity contribution in [3.8, 4) is 0 Å². The minimum absolute atomic E-state index is 0.0473. The minimum atomic E-state index is -3.26. The van der Waals surface area contributed by atoms with Gasteiger partial charge >= 0.3 is 0 Å². The molecule has 6 nitrogen and oxygen atoms in total. The molecular formula is C17H22N2O4S. The van der Waals surface area contributed by atoms with E-state index in [1.54, 1.807) is 34.1 Å². The third-order valence-electron chi connectivity index (χ3n) is 4.73. The van der Waals surface area contributed by atoms with Gasteiger partial charge in [0.2, 0.25) is 5.91 Å². The van der Waals surface area contributed by atoms with Crippen LogP contribution in [-0.2, 0) is 14.6 Å². The van der Waals surface area contributed by atoms with E-state index in [2.05, 4.69) is 0 Å². The maximum atomic E-state index is 12.8. The van der Waals surface area contributed by atoms with Crippen molar-refractivity contribution in [1.82, 2.24) is 9.80 Å². The van der Waals surface area contributed by atoms with Crippen LogP contribution < -0.4 is 0 Å². The molecule has 0 radical (unpaired) electrons. The van der Waals surface area contributed by atoms with Crippen molar-refractivity contribution in [2.75, 3.05) is 24.6 Å². The third kappa shape index (κ3) is 3.05. The Morgan fingerprint density at radius 1 is 1.00 bits per heavy atom. The number of carbonyl (C=O) groups excluding carboxylic acids is 2. The van der Waals surface area contributed by atoms with Crippen molar-refractivity contribution in [3.63, 3.8) is 0 Å². The molecule has 7 heteroatoms. The van der Waals surface area contributed by atoms with E-state index in [1.165, 1.54) is 0 Å². The largest absolute Gasteiger partial charge is 0.335 e. The Bertz CT molecular complexity index is 745. The predicted molar refractivity (Wildman–Crippen MR) is 90.3 cm³/mol. The fraction of sp³-hybridized carbons (Fsp3) is 0.529. The highest BCUT2D eigenvalue weighted by Crippen LogP contribution is 2.29. The van der Waals surface area contributed by atoms with Crippen LogP contribution >= 0.6 is 0 Å². The van der Waals surface area contributed by atoms with E-state index in [1.807, 2.05) is 19.9 Å². The van der Waals surface area contributed by atoms with E-state index in [-0.39, 0.29) is 29.2 Å². The minimum Gasteiger partial charge on any atom is -0.335 e. The number of rotatable bonds is 2. The summed E-state index contributed by atoms with van der Waals surface area (Å²) in [6.07, 6.45) is 0. The van der Waals surface area contributed by atoms with Crippen LogP contribution in [0.4, 0.5) is 0 Å². The lowest BCUT2D eigenvalue weighted by Crippen LogP contribution is -2.62. The maximum absolute atomic E-state index is 12.8. The first-order chi connectivity index (χ1) is 11.3. The Hall–Kier alpha value is -1.89. The summed E-state index contributed by atoms with van der Waals surface area (Å²) in [5, 5.41) is 0. The van der Waals surface area contributed by atoms with Crippen molar-refractivity contribution in [2.45, 2.75) is 25.9 Å². The van der Waals surface area contributed by atoms with E-state index in [9.17, 15) is 18.0 Å². The fourth-order valence-electron chi connectivity index (χ4n) is 3.56. The van der Waals surface area contributed by atoms with Gasteiger partial charge in [0.25, 0.3) is 5.91 Å². The highest BCUT2D eigenvalue weighted by Gasteiger charge is 2.49. The quantitative estimate of drug-likeness (QED) is 0.790. The summed E-state index contributed by atoms with van der Waals surface area (Å²) in [4.78, 5) is 28.5. The number of piperazine rings is 1. The van der Waals surface area contributed by atoms with Gasteiger partial charge in [0.1, 0.15) is 0 Å². The van der Waals surface area contributed by atoms with Gasteiger partial charge in [0, 0.05) is 24.6 Å². The van der Waals surface area contributed by atoms with Crippen LogP contribution in [0.5, 0.6) is 0 Å². The normalized spacial score (nSPS) is 25.6. The zero-order valence-electron chi connectivity index (χ0n) is 13.9. The second-order valence-electron chi connectivity index (χ2n) is 6.76. The second kappa shape index (κ2) is 6.20. The molecule has 0 spiro atoms. The maximum Gasteiger partial charge on any atom is 0.254 e. The number of sulfone groups is 1.